The summed E-state index contributed by atoms with van der Waals surface area (Å²) in [5.74, 6) is 0.437. The predicted molar refractivity (Wildman–Crippen MR) is 154 cm³/mol. The van der Waals surface area contributed by atoms with Gasteiger partial charge in [0.1, 0.15) is 18.9 Å². The van der Waals surface area contributed by atoms with Crippen molar-refractivity contribution in [1.82, 2.24) is 5.43 Å². The standard InChI is InChI=1S/C31H31N3O4S/c1-24(2)27-15-17-28(18-16-27)34(39(36,37)30-11-7-4-8-12-30)22-31(35)33-32-21-25-13-19-29(20-14-25)38-23-26-9-5-3-6-10-26/h3-21,24H,22-23H2,1-2H3,(H,33,35)/b32-21-. The van der Waals surface area contributed by atoms with Gasteiger partial charge in [-0.05, 0) is 71.1 Å². The van der Waals surface area contributed by atoms with Crippen molar-refractivity contribution in [3.63, 3.8) is 0 Å². The minimum atomic E-state index is -3.98. The molecule has 0 aliphatic rings. The first kappa shape index (κ1) is 27.6. The molecular weight excluding hydrogens is 510 g/mol. The molecular formula is C31H31N3O4S. The van der Waals surface area contributed by atoms with Crippen LogP contribution < -0.4 is 14.5 Å². The Morgan fingerprint density at radius 1 is 0.872 bits per heavy atom. The molecule has 1 amide bonds. The van der Waals surface area contributed by atoms with Gasteiger partial charge >= 0.3 is 0 Å². The number of nitrogens with zero attached hydrogens (tertiary/aromatic N) is 2. The lowest BCUT2D eigenvalue weighted by molar-refractivity contribution is -0.119. The van der Waals surface area contributed by atoms with Gasteiger partial charge in [-0.1, -0.05) is 74.5 Å². The van der Waals surface area contributed by atoms with Gasteiger partial charge in [-0.2, -0.15) is 5.10 Å². The third kappa shape index (κ3) is 7.55. The minimum Gasteiger partial charge on any atom is -0.489 e. The molecule has 200 valence electrons. The first-order valence-electron chi connectivity index (χ1n) is 12.6. The van der Waals surface area contributed by atoms with E-state index in [2.05, 4.69) is 24.4 Å². The lowest BCUT2D eigenvalue weighted by Crippen LogP contribution is -2.39. The van der Waals surface area contributed by atoms with Gasteiger partial charge in [-0.15, -0.1) is 0 Å². The zero-order valence-electron chi connectivity index (χ0n) is 21.9. The molecule has 1 N–H and O–H groups in total. The van der Waals surface area contributed by atoms with E-state index in [-0.39, 0.29) is 4.90 Å². The monoisotopic (exact) mass is 541 g/mol. The van der Waals surface area contributed by atoms with Crippen LogP contribution in [-0.4, -0.2) is 27.1 Å². The fourth-order valence-electron chi connectivity index (χ4n) is 3.80. The number of anilines is 1. The second kappa shape index (κ2) is 12.9. The molecule has 0 aliphatic carbocycles. The smallest absolute Gasteiger partial charge is 0.264 e. The van der Waals surface area contributed by atoms with Gasteiger partial charge in [-0.3, -0.25) is 9.10 Å². The normalized spacial score (nSPS) is 11.5. The average Bonchev–Trinajstić information content (AvgIpc) is 2.96. The number of carbonyl (C=O) groups excluding carboxylic acids is 1. The fourth-order valence-corrected chi connectivity index (χ4v) is 5.24. The van der Waals surface area contributed by atoms with Crippen molar-refractivity contribution in [1.29, 1.82) is 0 Å². The van der Waals surface area contributed by atoms with Crippen LogP contribution in [0.5, 0.6) is 5.75 Å². The highest BCUT2D eigenvalue weighted by molar-refractivity contribution is 7.92. The van der Waals surface area contributed by atoms with Crippen LogP contribution in [0.3, 0.4) is 0 Å². The fraction of sp³-hybridized carbons (Fsp3) is 0.161. The molecule has 0 spiro atoms. The molecule has 0 bridgehead atoms. The molecule has 4 rings (SSSR count). The van der Waals surface area contributed by atoms with E-state index in [9.17, 15) is 13.2 Å². The van der Waals surface area contributed by atoms with Gasteiger partial charge in [0.2, 0.25) is 0 Å². The molecule has 4 aromatic rings. The summed E-state index contributed by atoms with van der Waals surface area (Å²) >= 11 is 0. The van der Waals surface area contributed by atoms with Crippen molar-refractivity contribution in [3.8, 4) is 5.75 Å². The Labute approximate surface area is 229 Å². The number of sulfonamides is 1. The van der Waals surface area contributed by atoms with E-state index >= 15 is 0 Å². The highest BCUT2D eigenvalue weighted by Crippen LogP contribution is 2.25. The second-order valence-corrected chi connectivity index (χ2v) is 11.1. The Morgan fingerprint density at radius 2 is 1.49 bits per heavy atom. The lowest BCUT2D eigenvalue weighted by atomic mass is 10.0. The molecule has 0 heterocycles. The van der Waals surface area contributed by atoms with Crippen molar-refractivity contribution < 1.29 is 17.9 Å². The maximum Gasteiger partial charge on any atom is 0.264 e. The summed E-state index contributed by atoms with van der Waals surface area (Å²) in [4.78, 5) is 12.9. The summed E-state index contributed by atoms with van der Waals surface area (Å²) in [7, 11) is -3.98. The Morgan fingerprint density at radius 3 is 2.10 bits per heavy atom. The van der Waals surface area contributed by atoms with Crippen molar-refractivity contribution in [2.45, 2.75) is 31.3 Å². The number of hydrogen-bond donors (Lipinski definition) is 1. The van der Waals surface area contributed by atoms with Crippen molar-refractivity contribution >= 4 is 27.8 Å². The molecule has 4 aromatic carbocycles. The Bertz CT molecular complexity index is 1490. The van der Waals surface area contributed by atoms with E-state index in [4.69, 9.17) is 4.74 Å². The van der Waals surface area contributed by atoms with Crippen LogP contribution >= 0.6 is 0 Å². The molecule has 0 saturated heterocycles. The summed E-state index contributed by atoms with van der Waals surface area (Å²) in [6.45, 7) is 4.16. The number of nitrogens with one attached hydrogen (secondary N) is 1. The Hall–Kier alpha value is -4.43. The zero-order chi connectivity index (χ0) is 27.7. The zero-order valence-corrected chi connectivity index (χ0v) is 22.7. The quantitative estimate of drug-likeness (QED) is 0.194. The minimum absolute atomic E-state index is 0.101. The van der Waals surface area contributed by atoms with Crippen LogP contribution in [0.1, 0.15) is 36.5 Å². The van der Waals surface area contributed by atoms with Gasteiger partial charge in [0.25, 0.3) is 15.9 Å². The van der Waals surface area contributed by atoms with Crippen molar-refractivity contribution in [3.05, 3.63) is 126 Å². The maximum atomic E-state index is 13.5. The van der Waals surface area contributed by atoms with Crippen molar-refractivity contribution in [2.75, 3.05) is 10.8 Å². The third-order valence-electron chi connectivity index (χ3n) is 6.00. The molecule has 39 heavy (non-hydrogen) atoms. The third-order valence-corrected chi connectivity index (χ3v) is 7.79. The molecule has 0 saturated carbocycles. The number of amides is 1. The molecule has 0 unspecified atom stereocenters. The van der Waals surface area contributed by atoms with E-state index in [1.165, 1.54) is 18.3 Å². The van der Waals surface area contributed by atoms with E-state index in [0.29, 0.717) is 24.0 Å². The number of hydrazone groups is 1. The van der Waals surface area contributed by atoms with E-state index in [1.54, 1.807) is 30.3 Å². The topological polar surface area (TPSA) is 88.1 Å². The Kier molecular flexibility index (Phi) is 9.12. The van der Waals surface area contributed by atoms with Gasteiger partial charge in [0.15, 0.2) is 0 Å². The van der Waals surface area contributed by atoms with Crippen LogP contribution in [0.25, 0.3) is 0 Å². The molecule has 0 radical (unpaired) electrons. The number of rotatable bonds is 11. The van der Waals surface area contributed by atoms with Crippen LogP contribution in [0.15, 0.2) is 119 Å². The van der Waals surface area contributed by atoms with Crippen LogP contribution in [-0.2, 0) is 21.4 Å². The Balaban J connectivity index is 1.42. The predicted octanol–water partition coefficient (Wildman–Crippen LogP) is 5.73. The molecule has 7 nitrogen and oxygen atoms in total. The van der Waals surface area contributed by atoms with Crippen LogP contribution in [0.2, 0.25) is 0 Å². The van der Waals surface area contributed by atoms with E-state index in [1.807, 2.05) is 66.7 Å². The molecule has 0 aromatic heterocycles. The highest BCUT2D eigenvalue weighted by atomic mass is 32.2. The lowest BCUT2D eigenvalue weighted by Gasteiger charge is -2.24. The summed E-state index contributed by atoms with van der Waals surface area (Å²) < 4.78 is 33.8. The summed E-state index contributed by atoms with van der Waals surface area (Å²) in [5.41, 5.74) is 5.73. The van der Waals surface area contributed by atoms with Crippen LogP contribution in [0, 0.1) is 0 Å². The SMILES string of the molecule is CC(C)c1ccc(N(CC(=O)N/N=C\c2ccc(OCc3ccccc3)cc2)S(=O)(=O)c2ccccc2)cc1. The number of hydrogen-bond acceptors (Lipinski definition) is 5. The van der Waals surface area contributed by atoms with E-state index in [0.717, 1.165) is 21.0 Å². The van der Waals surface area contributed by atoms with Gasteiger partial charge in [-0.25, -0.2) is 13.8 Å². The molecule has 0 atom stereocenters. The van der Waals surface area contributed by atoms with E-state index < -0.39 is 22.5 Å². The molecule has 0 aliphatic heterocycles. The summed E-state index contributed by atoms with van der Waals surface area (Å²) in [6, 6.07) is 32.4. The molecule has 0 fully saturated rings. The summed E-state index contributed by atoms with van der Waals surface area (Å²) in [5, 5.41) is 4.02. The first-order valence-corrected chi connectivity index (χ1v) is 14.0. The number of ether oxygens (including phenoxy) is 1. The first-order chi connectivity index (χ1) is 18.8. The maximum absolute atomic E-state index is 13.5. The van der Waals surface area contributed by atoms with Crippen LogP contribution in [0.4, 0.5) is 5.69 Å². The largest absolute Gasteiger partial charge is 0.489 e. The molecule has 8 heteroatoms. The van der Waals surface area contributed by atoms with Crippen molar-refractivity contribution in [2.24, 2.45) is 5.10 Å². The van der Waals surface area contributed by atoms with Gasteiger partial charge < -0.3 is 4.74 Å². The summed E-state index contributed by atoms with van der Waals surface area (Å²) in [6.07, 6.45) is 1.49. The number of carbonyl (C=O) groups is 1. The second-order valence-electron chi connectivity index (χ2n) is 9.21. The highest BCUT2D eigenvalue weighted by Gasteiger charge is 2.27. The van der Waals surface area contributed by atoms with Gasteiger partial charge in [0.05, 0.1) is 16.8 Å². The van der Waals surface area contributed by atoms with Gasteiger partial charge in [0, 0.05) is 0 Å². The number of benzene rings is 4. The average molecular weight is 542 g/mol.